The van der Waals surface area contributed by atoms with Gasteiger partial charge in [0.2, 0.25) is 11.8 Å². The van der Waals surface area contributed by atoms with Crippen LogP contribution in [0.3, 0.4) is 0 Å². The van der Waals surface area contributed by atoms with Crippen LogP contribution in [0.15, 0.2) is 24.3 Å². The second-order valence-electron chi connectivity index (χ2n) is 7.42. The third-order valence-electron chi connectivity index (χ3n) is 5.52. The molecule has 1 heterocycles. The Morgan fingerprint density at radius 1 is 1.12 bits per heavy atom. The van der Waals surface area contributed by atoms with Crippen LogP contribution in [-0.4, -0.2) is 61.4 Å². The van der Waals surface area contributed by atoms with Gasteiger partial charge in [-0.1, -0.05) is 13.3 Å². The first-order chi connectivity index (χ1) is 12.5. The molecule has 1 aromatic carbocycles. The predicted octanol–water partition coefficient (Wildman–Crippen LogP) is 2.51. The van der Waals surface area contributed by atoms with E-state index in [-0.39, 0.29) is 17.6 Å². The predicted molar refractivity (Wildman–Crippen MR) is 99.4 cm³/mol. The van der Waals surface area contributed by atoms with E-state index in [4.69, 9.17) is 0 Å². The Labute approximate surface area is 154 Å². The molecule has 0 atom stereocenters. The standard InChI is InChI=1S/C20H28FN3O2/c1-3-4-11-22(2)18(25)20(9-10-20)19(26)24-14-12-23(13-15-24)17-7-5-16(21)6-8-17/h5-8H,3-4,9-15H2,1-2H3. The van der Waals surface area contributed by atoms with Gasteiger partial charge in [-0.3, -0.25) is 9.59 Å². The fourth-order valence-corrected chi connectivity index (χ4v) is 3.63. The summed E-state index contributed by atoms with van der Waals surface area (Å²) in [5.41, 5.74) is 0.163. The highest BCUT2D eigenvalue weighted by molar-refractivity contribution is 6.07. The summed E-state index contributed by atoms with van der Waals surface area (Å²) < 4.78 is 13.1. The lowest BCUT2D eigenvalue weighted by atomic mass is 10.0. The Morgan fingerprint density at radius 2 is 1.73 bits per heavy atom. The molecule has 2 fully saturated rings. The van der Waals surface area contributed by atoms with Gasteiger partial charge in [-0.05, 0) is 43.5 Å². The van der Waals surface area contributed by atoms with Crippen LogP contribution in [0.2, 0.25) is 0 Å². The van der Waals surface area contributed by atoms with E-state index in [0.717, 1.165) is 18.5 Å². The quantitative estimate of drug-likeness (QED) is 0.732. The highest BCUT2D eigenvalue weighted by Gasteiger charge is 2.59. The number of amides is 2. The zero-order valence-corrected chi connectivity index (χ0v) is 15.7. The van der Waals surface area contributed by atoms with Gasteiger partial charge in [0.05, 0.1) is 0 Å². The fourth-order valence-electron chi connectivity index (χ4n) is 3.63. The summed E-state index contributed by atoms with van der Waals surface area (Å²) in [7, 11) is 1.80. The molecule has 2 amide bonds. The molecular weight excluding hydrogens is 333 g/mol. The number of carbonyl (C=O) groups excluding carboxylic acids is 2. The Hall–Kier alpha value is -2.11. The zero-order valence-electron chi connectivity index (χ0n) is 15.7. The molecule has 6 heteroatoms. The van der Waals surface area contributed by atoms with E-state index in [9.17, 15) is 14.0 Å². The molecule has 5 nitrogen and oxygen atoms in total. The summed E-state index contributed by atoms with van der Waals surface area (Å²) in [6.45, 7) is 5.41. The van der Waals surface area contributed by atoms with E-state index in [1.54, 1.807) is 24.1 Å². The highest BCUT2D eigenvalue weighted by atomic mass is 19.1. The van der Waals surface area contributed by atoms with Gasteiger partial charge >= 0.3 is 0 Å². The van der Waals surface area contributed by atoms with Crippen molar-refractivity contribution in [3.63, 3.8) is 0 Å². The largest absolute Gasteiger partial charge is 0.368 e. The lowest BCUT2D eigenvalue weighted by molar-refractivity contribution is -0.149. The molecule has 26 heavy (non-hydrogen) atoms. The van der Waals surface area contributed by atoms with Crippen LogP contribution < -0.4 is 4.90 Å². The molecule has 1 saturated carbocycles. The number of nitrogens with zero attached hydrogens (tertiary/aromatic N) is 3. The van der Waals surface area contributed by atoms with Gasteiger partial charge < -0.3 is 14.7 Å². The molecule has 1 saturated heterocycles. The molecular formula is C20H28FN3O2. The molecule has 1 aliphatic heterocycles. The number of halogens is 1. The second-order valence-corrected chi connectivity index (χ2v) is 7.42. The first-order valence-corrected chi connectivity index (χ1v) is 9.53. The topological polar surface area (TPSA) is 43.9 Å². The molecule has 142 valence electrons. The minimum absolute atomic E-state index is 0.00963. The van der Waals surface area contributed by atoms with Gasteiger partial charge in [-0.15, -0.1) is 0 Å². The van der Waals surface area contributed by atoms with Crippen LogP contribution in [0.4, 0.5) is 10.1 Å². The van der Waals surface area contributed by atoms with Gasteiger partial charge in [-0.25, -0.2) is 4.39 Å². The number of unbranched alkanes of at least 4 members (excludes halogenated alkanes) is 1. The van der Waals surface area contributed by atoms with E-state index < -0.39 is 5.41 Å². The summed E-state index contributed by atoms with van der Waals surface area (Å²) in [6, 6.07) is 6.44. The first-order valence-electron chi connectivity index (χ1n) is 9.53. The van der Waals surface area contributed by atoms with Crippen molar-refractivity contribution in [3.8, 4) is 0 Å². The third-order valence-corrected chi connectivity index (χ3v) is 5.52. The summed E-state index contributed by atoms with van der Waals surface area (Å²) in [5, 5.41) is 0. The Bertz CT molecular complexity index is 650. The highest BCUT2D eigenvalue weighted by Crippen LogP contribution is 2.48. The van der Waals surface area contributed by atoms with Crippen LogP contribution in [0.1, 0.15) is 32.6 Å². The van der Waals surface area contributed by atoms with E-state index in [0.29, 0.717) is 45.6 Å². The van der Waals surface area contributed by atoms with Gasteiger partial charge in [-0.2, -0.15) is 0 Å². The molecule has 3 rings (SSSR count). The number of rotatable bonds is 6. The van der Waals surface area contributed by atoms with E-state index >= 15 is 0 Å². The second kappa shape index (κ2) is 7.64. The SMILES string of the molecule is CCCCN(C)C(=O)C1(C(=O)N2CCN(c3ccc(F)cc3)CC2)CC1. The average Bonchev–Trinajstić information content (AvgIpc) is 3.47. The van der Waals surface area contributed by atoms with Gasteiger partial charge in [0.25, 0.3) is 0 Å². The van der Waals surface area contributed by atoms with Gasteiger partial charge in [0.1, 0.15) is 11.2 Å². The van der Waals surface area contributed by atoms with Crippen LogP contribution in [0.5, 0.6) is 0 Å². The maximum absolute atomic E-state index is 13.1. The number of carbonyl (C=O) groups is 2. The third kappa shape index (κ3) is 3.69. The van der Waals surface area contributed by atoms with Crippen molar-refractivity contribution in [3.05, 3.63) is 30.1 Å². The molecule has 0 bridgehead atoms. The zero-order chi connectivity index (χ0) is 18.7. The first kappa shape index (κ1) is 18.7. The van der Waals surface area contributed by atoms with Crippen LogP contribution in [-0.2, 0) is 9.59 Å². The van der Waals surface area contributed by atoms with Gasteiger partial charge in [0.15, 0.2) is 0 Å². The van der Waals surface area contributed by atoms with Crippen molar-refractivity contribution in [2.75, 3.05) is 44.7 Å². The summed E-state index contributed by atoms with van der Waals surface area (Å²) in [4.78, 5) is 31.5. The lowest BCUT2D eigenvalue weighted by Crippen LogP contribution is -2.53. The molecule has 0 unspecified atom stereocenters. The molecule has 0 spiro atoms. The van der Waals surface area contributed by atoms with Crippen molar-refractivity contribution < 1.29 is 14.0 Å². The van der Waals surface area contributed by atoms with E-state index in [1.165, 1.54) is 12.1 Å². The normalized spacial score (nSPS) is 18.6. The smallest absolute Gasteiger partial charge is 0.238 e. The Morgan fingerprint density at radius 3 is 2.27 bits per heavy atom. The van der Waals surface area contributed by atoms with Crippen molar-refractivity contribution in [1.82, 2.24) is 9.80 Å². The van der Waals surface area contributed by atoms with Crippen LogP contribution >= 0.6 is 0 Å². The Kier molecular flexibility index (Phi) is 5.49. The fraction of sp³-hybridized carbons (Fsp3) is 0.600. The Balaban J connectivity index is 1.58. The minimum Gasteiger partial charge on any atom is -0.368 e. The number of piperazine rings is 1. The maximum atomic E-state index is 13.1. The van der Waals surface area contributed by atoms with E-state index in [1.807, 2.05) is 4.90 Å². The van der Waals surface area contributed by atoms with Crippen molar-refractivity contribution in [2.24, 2.45) is 5.41 Å². The number of anilines is 1. The molecule has 2 aliphatic rings. The van der Waals surface area contributed by atoms with E-state index in [2.05, 4.69) is 11.8 Å². The number of benzene rings is 1. The molecule has 1 aromatic rings. The van der Waals surface area contributed by atoms with Gasteiger partial charge in [0, 0.05) is 45.5 Å². The molecule has 0 N–H and O–H groups in total. The monoisotopic (exact) mass is 361 g/mol. The minimum atomic E-state index is -0.805. The number of hydrogen-bond acceptors (Lipinski definition) is 3. The number of hydrogen-bond donors (Lipinski definition) is 0. The van der Waals surface area contributed by atoms with Crippen molar-refractivity contribution >= 4 is 17.5 Å². The molecule has 0 aromatic heterocycles. The van der Waals surface area contributed by atoms with Crippen molar-refractivity contribution in [2.45, 2.75) is 32.6 Å². The molecule has 0 radical (unpaired) electrons. The van der Waals surface area contributed by atoms with Crippen LogP contribution in [0.25, 0.3) is 0 Å². The summed E-state index contributed by atoms with van der Waals surface area (Å²) >= 11 is 0. The van der Waals surface area contributed by atoms with Crippen LogP contribution in [0, 0.1) is 11.2 Å². The summed E-state index contributed by atoms with van der Waals surface area (Å²) in [6.07, 6.45) is 3.32. The molecule has 1 aliphatic carbocycles. The lowest BCUT2D eigenvalue weighted by Gasteiger charge is -2.38. The maximum Gasteiger partial charge on any atom is 0.238 e. The average molecular weight is 361 g/mol. The van der Waals surface area contributed by atoms with Crippen molar-refractivity contribution in [1.29, 1.82) is 0 Å². The summed E-state index contributed by atoms with van der Waals surface area (Å²) in [5.74, 6) is -0.273.